The predicted octanol–water partition coefficient (Wildman–Crippen LogP) is 6.37. The summed E-state index contributed by atoms with van der Waals surface area (Å²) < 4.78 is 6.31. The number of piperidine rings is 1. The molecule has 3 atom stereocenters. The van der Waals surface area contributed by atoms with E-state index in [1.807, 2.05) is 6.07 Å². The molecule has 5 rings (SSSR count). The molecule has 4 heteroatoms. The van der Waals surface area contributed by atoms with E-state index in [0.29, 0.717) is 5.92 Å². The van der Waals surface area contributed by atoms with Gasteiger partial charge in [0.25, 0.3) is 0 Å². The van der Waals surface area contributed by atoms with E-state index in [1.54, 1.807) is 0 Å². The second-order valence-corrected chi connectivity index (χ2v) is 9.89. The van der Waals surface area contributed by atoms with E-state index in [0.717, 1.165) is 29.6 Å². The maximum atomic E-state index is 12.8. The highest BCUT2D eigenvalue weighted by atomic mass is 79.9. The zero-order valence-electron chi connectivity index (χ0n) is 18.7. The highest BCUT2D eigenvalue weighted by molar-refractivity contribution is 9.10. The maximum absolute atomic E-state index is 12.8. The number of methoxy groups -OCH3 is 1. The average molecular weight is 502 g/mol. The summed E-state index contributed by atoms with van der Waals surface area (Å²) in [6.45, 7) is 1.82. The number of halogens is 1. The standard InChI is InChI=1S/C29H28BrNO2/c1-33-29(32)26-17-25(24-14-8-9-15-27(24)30)22-16-23(26)19-31(18-22)28(20-10-4-2-5-11-20)21-12-6-3-7-13-21/h2-15,17,22-23,25,28H,16,18-19H2,1H3/t22-,23+,25-/m0/s1. The fourth-order valence-electron chi connectivity index (χ4n) is 5.66. The highest BCUT2D eigenvalue weighted by Crippen LogP contribution is 2.47. The molecule has 0 amide bonds. The van der Waals surface area contributed by atoms with E-state index < -0.39 is 0 Å². The normalized spacial score (nSPS) is 22.6. The smallest absolute Gasteiger partial charge is 0.333 e. The van der Waals surface area contributed by atoms with Crippen LogP contribution in [0.15, 0.2) is 101 Å². The summed E-state index contributed by atoms with van der Waals surface area (Å²) in [7, 11) is 1.49. The number of hydrogen-bond donors (Lipinski definition) is 0. The number of hydrogen-bond acceptors (Lipinski definition) is 3. The Morgan fingerprint density at radius 2 is 1.52 bits per heavy atom. The highest BCUT2D eigenvalue weighted by Gasteiger charge is 2.42. The maximum Gasteiger partial charge on any atom is 0.333 e. The van der Waals surface area contributed by atoms with Crippen LogP contribution in [0, 0.1) is 11.8 Å². The van der Waals surface area contributed by atoms with Gasteiger partial charge < -0.3 is 4.74 Å². The molecule has 1 aliphatic carbocycles. The number of ether oxygens (including phenoxy) is 1. The van der Waals surface area contributed by atoms with Gasteiger partial charge in [-0.3, -0.25) is 4.90 Å². The summed E-state index contributed by atoms with van der Waals surface area (Å²) in [4.78, 5) is 15.4. The molecule has 0 unspecified atom stereocenters. The molecular formula is C29H28BrNO2. The Bertz CT molecular complexity index is 1110. The van der Waals surface area contributed by atoms with Crippen LogP contribution < -0.4 is 0 Å². The third-order valence-electron chi connectivity index (χ3n) is 7.10. The summed E-state index contributed by atoms with van der Waals surface area (Å²) in [5.74, 6) is 0.560. The van der Waals surface area contributed by atoms with Crippen molar-refractivity contribution >= 4 is 21.9 Å². The Morgan fingerprint density at radius 1 is 0.909 bits per heavy atom. The van der Waals surface area contributed by atoms with Crippen LogP contribution in [0.2, 0.25) is 0 Å². The van der Waals surface area contributed by atoms with Crippen molar-refractivity contribution in [3.05, 3.63) is 118 Å². The Morgan fingerprint density at radius 3 is 2.12 bits per heavy atom. The monoisotopic (exact) mass is 501 g/mol. The summed E-state index contributed by atoms with van der Waals surface area (Å²) in [5, 5.41) is 0. The van der Waals surface area contributed by atoms with Gasteiger partial charge in [-0.05, 0) is 35.1 Å². The van der Waals surface area contributed by atoms with Crippen molar-refractivity contribution < 1.29 is 9.53 Å². The Labute approximate surface area is 204 Å². The van der Waals surface area contributed by atoms with E-state index in [1.165, 1.54) is 23.8 Å². The molecule has 0 radical (unpaired) electrons. The van der Waals surface area contributed by atoms with Crippen LogP contribution in [0.25, 0.3) is 0 Å². The van der Waals surface area contributed by atoms with Crippen molar-refractivity contribution in [2.24, 2.45) is 11.8 Å². The molecule has 3 aromatic rings. The zero-order valence-corrected chi connectivity index (χ0v) is 20.3. The summed E-state index contributed by atoms with van der Waals surface area (Å²) in [5.41, 5.74) is 4.62. The molecule has 0 aromatic heterocycles. The summed E-state index contributed by atoms with van der Waals surface area (Å²) >= 11 is 3.75. The molecule has 1 aliphatic heterocycles. The van der Waals surface area contributed by atoms with E-state index >= 15 is 0 Å². The minimum atomic E-state index is -0.201. The molecule has 0 spiro atoms. The van der Waals surface area contributed by atoms with Crippen molar-refractivity contribution in [2.75, 3.05) is 20.2 Å². The predicted molar refractivity (Wildman–Crippen MR) is 135 cm³/mol. The molecule has 3 nitrogen and oxygen atoms in total. The lowest BCUT2D eigenvalue weighted by molar-refractivity contribution is -0.137. The SMILES string of the molecule is COC(=O)C1=C[C@H](c2ccccc2Br)[C@H]2C[C@@H]1CN(C(c1ccccc1)c1ccccc1)C2. The first kappa shape index (κ1) is 22.1. The van der Waals surface area contributed by atoms with Gasteiger partial charge in [-0.1, -0.05) is 101 Å². The van der Waals surface area contributed by atoms with Gasteiger partial charge in [0.05, 0.1) is 13.2 Å². The largest absolute Gasteiger partial charge is 0.466 e. The van der Waals surface area contributed by atoms with Crippen molar-refractivity contribution in [2.45, 2.75) is 18.4 Å². The molecule has 0 N–H and O–H groups in total. The lowest BCUT2D eigenvalue weighted by atomic mass is 9.69. The van der Waals surface area contributed by atoms with Crippen molar-refractivity contribution in [1.29, 1.82) is 0 Å². The molecule has 2 bridgehead atoms. The summed E-state index contributed by atoms with van der Waals surface area (Å²) in [6.07, 6.45) is 3.18. The van der Waals surface area contributed by atoms with Gasteiger partial charge in [-0.15, -0.1) is 0 Å². The van der Waals surface area contributed by atoms with Gasteiger partial charge in [0.1, 0.15) is 0 Å². The first-order valence-corrected chi connectivity index (χ1v) is 12.3. The molecule has 0 saturated carbocycles. The molecular weight excluding hydrogens is 474 g/mol. The Hall–Kier alpha value is -2.69. The molecule has 33 heavy (non-hydrogen) atoms. The number of allylic oxidation sites excluding steroid dienone is 1. The fraction of sp³-hybridized carbons (Fsp3) is 0.276. The third-order valence-corrected chi connectivity index (χ3v) is 7.82. The average Bonchev–Trinajstić information content (AvgIpc) is 2.86. The van der Waals surface area contributed by atoms with Crippen LogP contribution in [0.5, 0.6) is 0 Å². The quantitative estimate of drug-likeness (QED) is 0.380. The van der Waals surface area contributed by atoms with Gasteiger partial charge in [-0.25, -0.2) is 4.79 Å². The number of carbonyl (C=O) groups excluding carboxylic acids is 1. The van der Waals surface area contributed by atoms with E-state index in [4.69, 9.17) is 4.74 Å². The molecule has 168 valence electrons. The van der Waals surface area contributed by atoms with Gasteiger partial charge in [-0.2, -0.15) is 0 Å². The first-order valence-electron chi connectivity index (χ1n) is 11.5. The van der Waals surface area contributed by atoms with Crippen LogP contribution in [0.1, 0.15) is 35.1 Å². The van der Waals surface area contributed by atoms with Gasteiger partial charge in [0.15, 0.2) is 0 Å². The van der Waals surface area contributed by atoms with Gasteiger partial charge in [0, 0.05) is 35.0 Å². The van der Waals surface area contributed by atoms with Crippen molar-refractivity contribution in [1.82, 2.24) is 4.90 Å². The number of esters is 1. The second kappa shape index (κ2) is 9.66. The molecule has 1 heterocycles. The topological polar surface area (TPSA) is 29.5 Å². The van der Waals surface area contributed by atoms with Gasteiger partial charge >= 0.3 is 5.97 Å². The molecule has 1 saturated heterocycles. The summed E-state index contributed by atoms with van der Waals surface area (Å²) in [6, 6.07) is 30.0. The number of benzene rings is 3. The van der Waals surface area contributed by atoms with Crippen LogP contribution in [0.3, 0.4) is 0 Å². The van der Waals surface area contributed by atoms with Gasteiger partial charge in [0.2, 0.25) is 0 Å². The fourth-order valence-corrected chi connectivity index (χ4v) is 6.21. The van der Waals surface area contributed by atoms with Crippen molar-refractivity contribution in [3.63, 3.8) is 0 Å². The lowest BCUT2D eigenvalue weighted by Crippen LogP contribution is -2.47. The first-order chi connectivity index (χ1) is 16.2. The number of rotatable bonds is 5. The minimum Gasteiger partial charge on any atom is -0.466 e. The third kappa shape index (κ3) is 4.42. The molecule has 3 aromatic carbocycles. The van der Waals surface area contributed by atoms with E-state index in [9.17, 15) is 4.79 Å². The number of fused-ring (bicyclic) bond motifs is 2. The van der Waals surface area contributed by atoms with Crippen LogP contribution in [0.4, 0.5) is 0 Å². The molecule has 1 fully saturated rings. The Balaban J connectivity index is 1.57. The zero-order chi connectivity index (χ0) is 22.8. The minimum absolute atomic E-state index is 0.148. The van der Waals surface area contributed by atoms with E-state index in [2.05, 4.69) is 106 Å². The van der Waals surface area contributed by atoms with Crippen LogP contribution >= 0.6 is 15.9 Å². The number of carbonyl (C=O) groups is 1. The Kier molecular flexibility index (Phi) is 6.48. The number of nitrogens with zero attached hydrogens (tertiary/aromatic N) is 1. The van der Waals surface area contributed by atoms with E-state index in [-0.39, 0.29) is 23.8 Å². The van der Waals surface area contributed by atoms with Crippen LogP contribution in [-0.4, -0.2) is 31.1 Å². The molecule has 2 aliphatic rings. The van der Waals surface area contributed by atoms with Crippen molar-refractivity contribution in [3.8, 4) is 0 Å². The lowest BCUT2D eigenvalue weighted by Gasteiger charge is -2.47. The number of likely N-dealkylation sites (tertiary alicyclic amines) is 1. The van der Waals surface area contributed by atoms with Crippen LogP contribution in [-0.2, 0) is 9.53 Å². The second-order valence-electron chi connectivity index (χ2n) is 9.03.